The van der Waals surface area contributed by atoms with Gasteiger partial charge in [-0.3, -0.25) is 0 Å². The highest BCUT2D eigenvalue weighted by atomic mass is 16.7. The number of allylic oxidation sites excluding steroid dienone is 2. The second-order valence-corrected chi connectivity index (χ2v) is 8.37. The average Bonchev–Trinajstić information content (AvgIpc) is 3.21. The largest absolute Gasteiger partial charge is 0.459 e. The summed E-state index contributed by atoms with van der Waals surface area (Å²) in [7, 11) is 0. The molecule has 1 heterocycles. The normalized spacial score (nSPS) is 31.2. The van der Waals surface area contributed by atoms with Crippen molar-refractivity contribution in [2.45, 2.75) is 46.1 Å². The molecule has 0 amide bonds. The van der Waals surface area contributed by atoms with Crippen LogP contribution in [0.2, 0.25) is 0 Å². The van der Waals surface area contributed by atoms with Gasteiger partial charge >= 0.3 is 5.97 Å². The molecule has 0 spiro atoms. The molecule has 26 heavy (non-hydrogen) atoms. The van der Waals surface area contributed by atoms with Crippen LogP contribution >= 0.6 is 0 Å². The third-order valence-electron chi connectivity index (χ3n) is 7.00. The van der Waals surface area contributed by atoms with E-state index in [1.807, 2.05) is 30.4 Å². The third kappa shape index (κ3) is 2.72. The maximum atomic E-state index is 12.2. The number of ether oxygens (including phenoxy) is 3. The summed E-state index contributed by atoms with van der Waals surface area (Å²) in [5.41, 5.74) is 1.35. The van der Waals surface area contributed by atoms with Crippen LogP contribution in [-0.2, 0) is 9.53 Å². The fourth-order valence-corrected chi connectivity index (χ4v) is 4.81. The van der Waals surface area contributed by atoms with Gasteiger partial charge in [-0.1, -0.05) is 45.1 Å². The molecule has 2 aliphatic carbocycles. The number of fused-ring (bicyclic) bond motifs is 3. The number of benzene rings is 1. The highest BCUT2D eigenvalue weighted by Gasteiger charge is 2.62. The summed E-state index contributed by atoms with van der Waals surface area (Å²) in [6.45, 7) is 7.19. The van der Waals surface area contributed by atoms with E-state index in [4.69, 9.17) is 14.2 Å². The van der Waals surface area contributed by atoms with Gasteiger partial charge in [0, 0.05) is 11.5 Å². The Morgan fingerprint density at radius 3 is 2.73 bits per heavy atom. The van der Waals surface area contributed by atoms with Gasteiger partial charge in [0.05, 0.1) is 0 Å². The maximum Gasteiger partial charge on any atom is 0.331 e. The molecule has 0 saturated heterocycles. The number of esters is 1. The van der Waals surface area contributed by atoms with Crippen LogP contribution in [0.15, 0.2) is 36.4 Å². The molecule has 0 aromatic heterocycles. The molecule has 0 radical (unpaired) electrons. The second kappa shape index (κ2) is 6.19. The smallest absolute Gasteiger partial charge is 0.331 e. The number of carbonyl (C=O) groups excluding carboxylic acids is 1. The minimum absolute atomic E-state index is 0.0336. The Labute approximate surface area is 154 Å². The lowest BCUT2D eigenvalue weighted by Crippen LogP contribution is -2.38. The van der Waals surface area contributed by atoms with Gasteiger partial charge in [-0.2, -0.15) is 0 Å². The molecule has 4 nitrogen and oxygen atoms in total. The number of rotatable bonds is 4. The van der Waals surface area contributed by atoms with Crippen molar-refractivity contribution in [1.82, 2.24) is 0 Å². The van der Waals surface area contributed by atoms with Gasteiger partial charge in [0.2, 0.25) is 6.79 Å². The lowest BCUT2D eigenvalue weighted by molar-refractivity contribution is -0.150. The Morgan fingerprint density at radius 1 is 1.19 bits per heavy atom. The summed E-state index contributed by atoms with van der Waals surface area (Å²) in [5, 5.41) is 0. The van der Waals surface area contributed by atoms with Crippen LogP contribution in [0.25, 0.3) is 6.08 Å². The Morgan fingerprint density at radius 2 is 2.00 bits per heavy atom. The Kier molecular flexibility index (Phi) is 4.09. The zero-order chi connectivity index (χ0) is 18.4. The van der Waals surface area contributed by atoms with Gasteiger partial charge in [0.15, 0.2) is 11.5 Å². The van der Waals surface area contributed by atoms with E-state index in [2.05, 4.69) is 20.8 Å². The lowest BCUT2D eigenvalue weighted by atomic mass is 9.70. The molecule has 2 saturated carbocycles. The van der Waals surface area contributed by atoms with Crippen LogP contribution in [0.5, 0.6) is 11.5 Å². The third-order valence-corrected chi connectivity index (χ3v) is 7.00. The first-order valence-electron chi connectivity index (χ1n) is 9.35. The molecule has 2 fully saturated rings. The summed E-state index contributed by atoms with van der Waals surface area (Å²) >= 11 is 0. The lowest BCUT2D eigenvalue weighted by Gasteiger charge is -2.38. The molecule has 1 aliphatic heterocycles. The zero-order valence-corrected chi connectivity index (χ0v) is 15.7. The molecule has 4 rings (SSSR count). The molecule has 0 N–H and O–H groups in total. The maximum absolute atomic E-state index is 12.2. The minimum atomic E-state index is -0.255. The van der Waals surface area contributed by atoms with E-state index in [1.165, 1.54) is 12.5 Å². The molecular weight excluding hydrogens is 328 g/mol. The van der Waals surface area contributed by atoms with Gasteiger partial charge in [-0.25, -0.2) is 4.79 Å². The Balaban J connectivity index is 1.34. The van der Waals surface area contributed by atoms with Gasteiger partial charge in [-0.05, 0) is 48.3 Å². The monoisotopic (exact) mass is 354 g/mol. The first-order chi connectivity index (χ1) is 12.4. The first-order valence-corrected chi connectivity index (χ1v) is 9.35. The number of hydrogen-bond donors (Lipinski definition) is 0. The molecule has 3 atom stereocenters. The van der Waals surface area contributed by atoms with Gasteiger partial charge in [-0.15, -0.1) is 0 Å². The van der Waals surface area contributed by atoms with Gasteiger partial charge < -0.3 is 14.2 Å². The number of hydrogen-bond acceptors (Lipinski definition) is 4. The van der Waals surface area contributed by atoms with E-state index in [-0.39, 0.29) is 29.7 Å². The van der Waals surface area contributed by atoms with Crippen LogP contribution in [0.4, 0.5) is 0 Å². The highest BCUT2D eigenvalue weighted by molar-refractivity contribution is 5.82. The van der Waals surface area contributed by atoms with Crippen molar-refractivity contribution in [3.05, 3.63) is 42.0 Å². The van der Waals surface area contributed by atoms with Gasteiger partial charge in [0.1, 0.15) is 6.10 Å². The van der Waals surface area contributed by atoms with Crippen LogP contribution in [-0.4, -0.2) is 18.9 Å². The summed E-state index contributed by atoms with van der Waals surface area (Å²) < 4.78 is 16.5. The topological polar surface area (TPSA) is 44.8 Å². The molecule has 1 aromatic carbocycles. The molecule has 2 bridgehead atoms. The van der Waals surface area contributed by atoms with E-state index in [0.717, 1.165) is 29.9 Å². The second-order valence-electron chi connectivity index (χ2n) is 8.37. The average molecular weight is 354 g/mol. The van der Waals surface area contributed by atoms with Crippen LogP contribution in [0, 0.1) is 16.7 Å². The van der Waals surface area contributed by atoms with E-state index in [0.29, 0.717) is 5.92 Å². The predicted molar refractivity (Wildman–Crippen MR) is 99.8 cm³/mol. The molecule has 4 heteroatoms. The highest BCUT2D eigenvalue weighted by Crippen LogP contribution is 2.66. The van der Waals surface area contributed by atoms with Crippen LogP contribution in [0.1, 0.15) is 45.6 Å². The first kappa shape index (κ1) is 17.2. The summed E-state index contributed by atoms with van der Waals surface area (Å²) in [6.07, 6.45) is 10.4. The molecule has 0 unspecified atom stereocenters. The van der Waals surface area contributed by atoms with E-state index in [9.17, 15) is 4.79 Å². The zero-order valence-electron chi connectivity index (χ0n) is 15.7. The fraction of sp³-hybridized carbons (Fsp3) is 0.500. The van der Waals surface area contributed by atoms with E-state index >= 15 is 0 Å². The Bertz CT molecular complexity index is 776. The van der Waals surface area contributed by atoms with Crippen molar-refractivity contribution in [2.75, 3.05) is 6.79 Å². The molecule has 1 aromatic rings. The standard InChI is InChI=1S/C22H26O4/c1-21(2)16-10-11-22(21,3)19(13-16)26-20(23)7-5-4-6-15-8-9-17-18(12-15)25-14-24-17/h4-9,12,16,19H,10-11,13-14H2,1-3H3/t16-,19-,22-/m0/s1. The summed E-state index contributed by atoms with van der Waals surface area (Å²) in [4.78, 5) is 12.2. The van der Waals surface area contributed by atoms with E-state index in [1.54, 1.807) is 6.08 Å². The van der Waals surface area contributed by atoms with Crippen LogP contribution in [0.3, 0.4) is 0 Å². The summed E-state index contributed by atoms with van der Waals surface area (Å²) in [5.74, 6) is 1.93. The predicted octanol–water partition coefficient (Wildman–Crippen LogP) is 4.74. The van der Waals surface area contributed by atoms with Crippen molar-refractivity contribution in [3.63, 3.8) is 0 Å². The van der Waals surface area contributed by atoms with Crippen molar-refractivity contribution in [2.24, 2.45) is 16.7 Å². The Hall–Kier alpha value is -2.23. The number of carbonyl (C=O) groups is 1. The van der Waals surface area contributed by atoms with Crippen molar-refractivity contribution in [3.8, 4) is 11.5 Å². The van der Waals surface area contributed by atoms with Crippen LogP contribution < -0.4 is 9.47 Å². The molecular formula is C22H26O4. The minimum Gasteiger partial charge on any atom is -0.459 e. The molecule has 138 valence electrons. The fourth-order valence-electron chi connectivity index (χ4n) is 4.81. The molecule has 3 aliphatic rings. The van der Waals surface area contributed by atoms with Crippen molar-refractivity contribution >= 4 is 12.0 Å². The van der Waals surface area contributed by atoms with Crippen molar-refractivity contribution in [1.29, 1.82) is 0 Å². The van der Waals surface area contributed by atoms with E-state index < -0.39 is 0 Å². The summed E-state index contributed by atoms with van der Waals surface area (Å²) in [6, 6.07) is 5.76. The van der Waals surface area contributed by atoms with Crippen molar-refractivity contribution < 1.29 is 19.0 Å². The SMILES string of the molecule is CC1(C)[C@H]2CC[C@@]1(C)[C@@H](OC(=O)C=CC=Cc1ccc3c(c1)OCO3)C2. The quantitative estimate of drug-likeness (QED) is 0.445. The van der Waals surface area contributed by atoms with Gasteiger partial charge in [0.25, 0.3) is 0 Å².